The zero-order chi connectivity index (χ0) is 21.8. The van der Waals surface area contributed by atoms with Gasteiger partial charge in [-0.2, -0.15) is 0 Å². The van der Waals surface area contributed by atoms with E-state index in [9.17, 15) is 14.9 Å². The minimum atomic E-state index is -0.431. The molecule has 1 fully saturated rings. The molecule has 1 saturated heterocycles. The summed E-state index contributed by atoms with van der Waals surface area (Å²) < 4.78 is 5.80. The van der Waals surface area contributed by atoms with Crippen molar-refractivity contribution in [1.29, 1.82) is 0 Å². The molecule has 1 aliphatic heterocycles. The lowest BCUT2D eigenvalue weighted by Gasteiger charge is -2.18. The minimum Gasteiger partial charge on any atom is -0.455 e. The number of pyridine rings is 1. The van der Waals surface area contributed by atoms with Crippen molar-refractivity contribution in [3.05, 3.63) is 82.2 Å². The maximum absolute atomic E-state index is 12.7. The second kappa shape index (κ2) is 8.83. The molecule has 2 aromatic carbocycles. The summed E-state index contributed by atoms with van der Waals surface area (Å²) in [5.41, 5.74) is 2.16. The highest BCUT2D eigenvalue weighted by Crippen LogP contribution is 2.32. The Labute approximate surface area is 179 Å². The maximum atomic E-state index is 12.7. The van der Waals surface area contributed by atoms with Crippen LogP contribution in [0.3, 0.4) is 0 Å². The lowest BCUT2D eigenvalue weighted by Crippen LogP contribution is -2.19. The highest BCUT2D eigenvalue weighted by Gasteiger charge is 2.24. The number of ether oxygens (including phenoxy) is 1. The molecule has 4 rings (SSSR count). The van der Waals surface area contributed by atoms with Gasteiger partial charge in [-0.15, -0.1) is 0 Å². The topological polar surface area (TPSA) is 97.6 Å². The van der Waals surface area contributed by atoms with Crippen molar-refractivity contribution < 1.29 is 14.5 Å². The number of anilines is 2. The first-order valence-electron chi connectivity index (χ1n) is 10.0. The number of nitrogens with one attached hydrogen (secondary N) is 1. The van der Waals surface area contributed by atoms with E-state index in [4.69, 9.17) is 4.74 Å². The van der Waals surface area contributed by atoms with Gasteiger partial charge in [0.05, 0.1) is 11.1 Å². The zero-order valence-corrected chi connectivity index (χ0v) is 17.1. The molecule has 0 saturated carbocycles. The number of nitrogens with zero attached hydrogens (tertiary/aromatic N) is 3. The third-order valence-electron chi connectivity index (χ3n) is 5.18. The molecule has 3 aromatic rings. The molecule has 0 unspecified atom stereocenters. The fourth-order valence-electron chi connectivity index (χ4n) is 3.62. The Hall–Kier alpha value is -3.94. The van der Waals surface area contributed by atoms with Crippen molar-refractivity contribution in [3.8, 4) is 11.5 Å². The Morgan fingerprint density at radius 1 is 1.16 bits per heavy atom. The molecule has 1 N–H and O–H groups in total. The standard InChI is InChI=1S/C23H22N4O4/c1-16-13-18(7-9-22(16)31-19-5-4-10-24-15-19)25-23(28)17-6-8-20(21(14-17)27(29)30)26-11-2-3-12-26/h4-10,13-15H,2-3,11-12H2,1H3,(H,25,28). The molecule has 0 bridgehead atoms. The molecule has 0 spiro atoms. The normalized spacial score (nSPS) is 13.1. The van der Waals surface area contributed by atoms with Crippen LogP contribution >= 0.6 is 0 Å². The van der Waals surface area contributed by atoms with E-state index in [1.54, 1.807) is 54.9 Å². The van der Waals surface area contributed by atoms with Crippen molar-refractivity contribution in [3.63, 3.8) is 0 Å². The van der Waals surface area contributed by atoms with Gasteiger partial charge in [0.15, 0.2) is 0 Å². The largest absolute Gasteiger partial charge is 0.455 e. The number of carbonyl (C=O) groups excluding carboxylic acids is 1. The van der Waals surface area contributed by atoms with Crippen LogP contribution in [0.25, 0.3) is 0 Å². The van der Waals surface area contributed by atoms with Gasteiger partial charge in [-0.1, -0.05) is 0 Å². The molecule has 1 aromatic heterocycles. The SMILES string of the molecule is Cc1cc(NC(=O)c2ccc(N3CCCC3)c([N+](=O)[O-])c2)ccc1Oc1cccnc1. The summed E-state index contributed by atoms with van der Waals surface area (Å²) >= 11 is 0. The Morgan fingerprint density at radius 3 is 2.65 bits per heavy atom. The van der Waals surface area contributed by atoms with Gasteiger partial charge < -0.3 is 15.0 Å². The van der Waals surface area contributed by atoms with E-state index < -0.39 is 10.8 Å². The fourth-order valence-corrected chi connectivity index (χ4v) is 3.62. The van der Waals surface area contributed by atoms with Crippen molar-refractivity contribution >= 4 is 23.0 Å². The second-order valence-corrected chi connectivity index (χ2v) is 7.38. The number of rotatable bonds is 6. The number of nitro benzene ring substituents is 1. The molecule has 1 aliphatic rings. The first-order chi connectivity index (χ1) is 15.0. The lowest BCUT2D eigenvalue weighted by molar-refractivity contribution is -0.384. The Morgan fingerprint density at radius 2 is 1.97 bits per heavy atom. The quantitative estimate of drug-likeness (QED) is 0.450. The highest BCUT2D eigenvalue weighted by molar-refractivity contribution is 6.05. The van der Waals surface area contributed by atoms with Crippen molar-refractivity contribution in [2.75, 3.05) is 23.3 Å². The van der Waals surface area contributed by atoms with Crippen LogP contribution in [0.5, 0.6) is 11.5 Å². The van der Waals surface area contributed by atoms with Gasteiger partial charge in [0.2, 0.25) is 0 Å². The molecule has 31 heavy (non-hydrogen) atoms. The molecule has 158 valence electrons. The maximum Gasteiger partial charge on any atom is 0.293 e. The van der Waals surface area contributed by atoms with Crippen LogP contribution in [0, 0.1) is 17.0 Å². The first-order valence-corrected chi connectivity index (χ1v) is 10.0. The van der Waals surface area contributed by atoms with Gasteiger partial charge in [0, 0.05) is 36.6 Å². The Bertz CT molecular complexity index is 1110. The van der Waals surface area contributed by atoms with Crippen LogP contribution < -0.4 is 15.0 Å². The van der Waals surface area contributed by atoms with Gasteiger partial charge in [-0.05, 0) is 67.8 Å². The van der Waals surface area contributed by atoms with E-state index in [1.165, 1.54) is 6.07 Å². The smallest absolute Gasteiger partial charge is 0.293 e. The molecule has 1 amide bonds. The van der Waals surface area contributed by atoms with Crippen LogP contribution in [-0.4, -0.2) is 28.9 Å². The second-order valence-electron chi connectivity index (χ2n) is 7.38. The van der Waals surface area contributed by atoms with Crippen LogP contribution in [0.15, 0.2) is 60.9 Å². The Kier molecular flexibility index (Phi) is 5.79. The monoisotopic (exact) mass is 418 g/mol. The van der Waals surface area contributed by atoms with Crippen LogP contribution in [-0.2, 0) is 0 Å². The van der Waals surface area contributed by atoms with Gasteiger partial charge in [-0.25, -0.2) is 0 Å². The summed E-state index contributed by atoms with van der Waals surface area (Å²) in [5, 5.41) is 14.4. The zero-order valence-electron chi connectivity index (χ0n) is 17.1. The average molecular weight is 418 g/mol. The van der Waals surface area contributed by atoms with E-state index in [0.29, 0.717) is 22.9 Å². The predicted octanol–water partition coefficient (Wildman–Crippen LogP) is 4.94. The number of hydrogen-bond acceptors (Lipinski definition) is 6. The van der Waals surface area contributed by atoms with E-state index >= 15 is 0 Å². The van der Waals surface area contributed by atoms with Crippen molar-refractivity contribution in [2.45, 2.75) is 19.8 Å². The average Bonchev–Trinajstić information content (AvgIpc) is 3.31. The fraction of sp³-hybridized carbons (Fsp3) is 0.217. The summed E-state index contributed by atoms with van der Waals surface area (Å²) in [5.74, 6) is 0.862. The van der Waals surface area contributed by atoms with E-state index in [0.717, 1.165) is 31.5 Å². The Balaban J connectivity index is 1.50. The summed E-state index contributed by atoms with van der Waals surface area (Å²) in [6.07, 6.45) is 5.31. The molecule has 0 atom stereocenters. The minimum absolute atomic E-state index is 0.0500. The number of nitro groups is 1. The molecule has 0 radical (unpaired) electrons. The molecule has 0 aliphatic carbocycles. The highest BCUT2D eigenvalue weighted by atomic mass is 16.6. The number of carbonyl (C=O) groups is 1. The summed E-state index contributed by atoms with van der Waals surface area (Å²) in [4.78, 5) is 29.9. The van der Waals surface area contributed by atoms with Gasteiger partial charge >= 0.3 is 0 Å². The van der Waals surface area contributed by atoms with E-state index in [1.807, 2.05) is 11.8 Å². The predicted molar refractivity (Wildman–Crippen MR) is 118 cm³/mol. The third-order valence-corrected chi connectivity index (χ3v) is 5.18. The van der Waals surface area contributed by atoms with Crippen LogP contribution in [0.1, 0.15) is 28.8 Å². The summed E-state index contributed by atoms with van der Waals surface area (Å²) in [6.45, 7) is 3.45. The molecule has 8 heteroatoms. The van der Waals surface area contributed by atoms with Crippen LogP contribution in [0.2, 0.25) is 0 Å². The van der Waals surface area contributed by atoms with Gasteiger partial charge in [0.25, 0.3) is 11.6 Å². The number of aromatic nitrogens is 1. The van der Waals surface area contributed by atoms with E-state index in [-0.39, 0.29) is 11.3 Å². The summed E-state index contributed by atoms with van der Waals surface area (Å²) in [6, 6.07) is 13.5. The van der Waals surface area contributed by atoms with Crippen molar-refractivity contribution in [1.82, 2.24) is 4.98 Å². The number of amides is 1. The lowest BCUT2D eigenvalue weighted by atomic mass is 10.1. The van der Waals surface area contributed by atoms with Gasteiger partial charge in [0.1, 0.15) is 17.2 Å². The van der Waals surface area contributed by atoms with Gasteiger partial charge in [-0.3, -0.25) is 19.9 Å². The molecular formula is C23H22N4O4. The number of hydrogen-bond donors (Lipinski definition) is 1. The number of benzene rings is 2. The third kappa shape index (κ3) is 4.63. The van der Waals surface area contributed by atoms with Crippen LogP contribution in [0.4, 0.5) is 17.1 Å². The van der Waals surface area contributed by atoms with E-state index in [2.05, 4.69) is 10.3 Å². The number of aryl methyl sites for hydroxylation is 1. The summed E-state index contributed by atoms with van der Waals surface area (Å²) in [7, 11) is 0. The molecule has 2 heterocycles. The molecular weight excluding hydrogens is 396 g/mol. The first kappa shape index (κ1) is 20.3. The molecule has 8 nitrogen and oxygen atoms in total. The van der Waals surface area contributed by atoms with Crippen molar-refractivity contribution in [2.24, 2.45) is 0 Å².